The van der Waals surface area contributed by atoms with Crippen molar-refractivity contribution in [2.45, 2.75) is 46.2 Å². The zero-order valence-electron chi connectivity index (χ0n) is 12.8. The lowest BCUT2D eigenvalue weighted by molar-refractivity contribution is 0.0805. The van der Waals surface area contributed by atoms with Crippen molar-refractivity contribution < 1.29 is 9.47 Å². The molecule has 1 heterocycles. The van der Waals surface area contributed by atoms with Gasteiger partial charge in [-0.1, -0.05) is 13.8 Å². The summed E-state index contributed by atoms with van der Waals surface area (Å²) in [5.74, 6) is 1.26. The standard InChI is InChI=1S/C16H26N2O2/c1-12(2)11-19-6-7-20-16-9-14(8-13(3)18-16)10-17-15-4-5-15/h8-9,12,15,17H,4-7,10-11H2,1-3H3. The highest BCUT2D eigenvalue weighted by atomic mass is 16.5. The Hall–Kier alpha value is -1.13. The second-order valence-electron chi connectivity index (χ2n) is 5.93. The van der Waals surface area contributed by atoms with Crippen LogP contribution < -0.4 is 10.1 Å². The maximum absolute atomic E-state index is 5.67. The zero-order chi connectivity index (χ0) is 14.4. The topological polar surface area (TPSA) is 43.4 Å². The Morgan fingerprint density at radius 1 is 1.30 bits per heavy atom. The maximum Gasteiger partial charge on any atom is 0.213 e. The van der Waals surface area contributed by atoms with E-state index >= 15 is 0 Å². The summed E-state index contributed by atoms with van der Waals surface area (Å²) in [6, 6.07) is 4.85. The van der Waals surface area contributed by atoms with Crippen LogP contribution in [0.5, 0.6) is 5.88 Å². The van der Waals surface area contributed by atoms with Crippen molar-refractivity contribution in [1.82, 2.24) is 10.3 Å². The van der Waals surface area contributed by atoms with Crippen LogP contribution in [0.25, 0.3) is 0 Å². The van der Waals surface area contributed by atoms with E-state index in [0.717, 1.165) is 24.9 Å². The fourth-order valence-electron chi connectivity index (χ4n) is 1.96. The van der Waals surface area contributed by atoms with E-state index in [1.807, 2.05) is 13.0 Å². The highest BCUT2D eigenvalue weighted by molar-refractivity contribution is 5.24. The molecule has 4 heteroatoms. The SMILES string of the molecule is Cc1cc(CNC2CC2)cc(OCCOCC(C)C)n1. The van der Waals surface area contributed by atoms with E-state index in [2.05, 4.69) is 30.2 Å². The van der Waals surface area contributed by atoms with Gasteiger partial charge in [0.05, 0.1) is 6.61 Å². The van der Waals surface area contributed by atoms with Gasteiger partial charge in [-0.15, -0.1) is 0 Å². The third kappa shape index (κ3) is 5.88. The van der Waals surface area contributed by atoms with Crippen molar-refractivity contribution in [3.8, 4) is 5.88 Å². The van der Waals surface area contributed by atoms with E-state index in [1.165, 1.54) is 18.4 Å². The summed E-state index contributed by atoms with van der Waals surface area (Å²) in [6.45, 7) is 9.13. The molecule has 20 heavy (non-hydrogen) atoms. The van der Waals surface area contributed by atoms with Crippen LogP contribution in [0.3, 0.4) is 0 Å². The molecule has 1 aliphatic carbocycles. The van der Waals surface area contributed by atoms with Gasteiger partial charge in [-0.2, -0.15) is 0 Å². The number of nitrogens with zero attached hydrogens (tertiary/aromatic N) is 1. The molecule has 1 saturated carbocycles. The average molecular weight is 278 g/mol. The van der Waals surface area contributed by atoms with Crippen molar-refractivity contribution in [2.75, 3.05) is 19.8 Å². The van der Waals surface area contributed by atoms with E-state index in [0.29, 0.717) is 25.0 Å². The third-order valence-corrected chi connectivity index (χ3v) is 3.09. The molecule has 1 aliphatic rings. The van der Waals surface area contributed by atoms with Gasteiger partial charge >= 0.3 is 0 Å². The molecule has 2 rings (SSSR count). The Kier molecular flexibility index (Phi) is 5.80. The molecule has 1 N–H and O–H groups in total. The number of aryl methyl sites for hydroxylation is 1. The number of aromatic nitrogens is 1. The normalized spacial score (nSPS) is 14.8. The van der Waals surface area contributed by atoms with Crippen LogP contribution >= 0.6 is 0 Å². The minimum absolute atomic E-state index is 0.554. The first kappa shape index (κ1) is 15.3. The second kappa shape index (κ2) is 7.60. The van der Waals surface area contributed by atoms with Gasteiger partial charge in [-0.05, 0) is 37.3 Å². The van der Waals surface area contributed by atoms with Gasteiger partial charge in [0.2, 0.25) is 5.88 Å². The van der Waals surface area contributed by atoms with Crippen molar-refractivity contribution in [3.63, 3.8) is 0 Å². The lowest BCUT2D eigenvalue weighted by Gasteiger charge is -2.10. The van der Waals surface area contributed by atoms with Gasteiger partial charge in [-0.25, -0.2) is 4.98 Å². The number of hydrogen-bond acceptors (Lipinski definition) is 4. The molecule has 112 valence electrons. The molecule has 0 radical (unpaired) electrons. The smallest absolute Gasteiger partial charge is 0.213 e. The van der Waals surface area contributed by atoms with Crippen LogP contribution in [-0.2, 0) is 11.3 Å². The van der Waals surface area contributed by atoms with E-state index in [4.69, 9.17) is 9.47 Å². The minimum Gasteiger partial charge on any atom is -0.475 e. The van der Waals surface area contributed by atoms with Crippen LogP contribution in [0.1, 0.15) is 37.9 Å². The first-order valence-electron chi connectivity index (χ1n) is 7.55. The van der Waals surface area contributed by atoms with E-state index in [-0.39, 0.29) is 0 Å². The van der Waals surface area contributed by atoms with Crippen LogP contribution in [0.15, 0.2) is 12.1 Å². The number of nitrogens with one attached hydrogen (secondary N) is 1. The number of hydrogen-bond donors (Lipinski definition) is 1. The fourth-order valence-corrected chi connectivity index (χ4v) is 1.96. The number of rotatable bonds is 9. The first-order chi connectivity index (χ1) is 9.63. The number of ether oxygens (including phenoxy) is 2. The van der Waals surface area contributed by atoms with Crippen LogP contribution in [0, 0.1) is 12.8 Å². The molecule has 1 aromatic rings. The minimum atomic E-state index is 0.554. The van der Waals surface area contributed by atoms with Gasteiger partial charge in [0.15, 0.2) is 0 Å². The van der Waals surface area contributed by atoms with E-state index < -0.39 is 0 Å². The van der Waals surface area contributed by atoms with Gasteiger partial charge in [0, 0.05) is 31.0 Å². The molecule has 0 saturated heterocycles. The highest BCUT2D eigenvalue weighted by Gasteiger charge is 2.20. The summed E-state index contributed by atoms with van der Waals surface area (Å²) in [4.78, 5) is 4.40. The second-order valence-corrected chi connectivity index (χ2v) is 5.93. The van der Waals surface area contributed by atoms with Gasteiger partial charge in [-0.3, -0.25) is 0 Å². The largest absolute Gasteiger partial charge is 0.475 e. The summed E-state index contributed by atoms with van der Waals surface area (Å²) in [6.07, 6.45) is 2.61. The molecule has 0 aliphatic heterocycles. The van der Waals surface area contributed by atoms with Crippen molar-refractivity contribution in [2.24, 2.45) is 5.92 Å². The summed E-state index contributed by atoms with van der Waals surface area (Å²) >= 11 is 0. The summed E-state index contributed by atoms with van der Waals surface area (Å²) in [5.41, 5.74) is 2.24. The van der Waals surface area contributed by atoms with E-state index in [1.54, 1.807) is 0 Å². The molecule has 0 unspecified atom stereocenters. The lowest BCUT2D eigenvalue weighted by Crippen LogP contribution is -2.16. The number of pyridine rings is 1. The molecule has 0 spiro atoms. The molecule has 0 atom stereocenters. The molecule has 1 fully saturated rings. The molecule has 0 bridgehead atoms. The fraction of sp³-hybridized carbons (Fsp3) is 0.688. The van der Waals surface area contributed by atoms with Crippen molar-refractivity contribution >= 4 is 0 Å². The predicted molar refractivity (Wildman–Crippen MR) is 80.0 cm³/mol. The van der Waals surface area contributed by atoms with Crippen LogP contribution in [0.4, 0.5) is 0 Å². The van der Waals surface area contributed by atoms with Crippen LogP contribution in [-0.4, -0.2) is 30.8 Å². The van der Waals surface area contributed by atoms with Crippen LogP contribution in [0.2, 0.25) is 0 Å². The summed E-state index contributed by atoms with van der Waals surface area (Å²) in [7, 11) is 0. The predicted octanol–water partition coefficient (Wildman–Crippen LogP) is 2.69. The summed E-state index contributed by atoms with van der Waals surface area (Å²) < 4.78 is 11.2. The Morgan fingerprint density at radius 3 is 2.80 bits per heavy atom. The molecule has 4 nitrogen and oxygen atoms in total. The van der Waals surface area contributed by atoms with E-state index in [9.17, 15) is 0 Å². The van der Waals surface area contributed by atoms with Gasteiger partial charge < -0.3 is 14.8 Å². The Morgan fingerprint density at radius 2 is 2.10 bits per heavy atom. The van der Waals surface area contributed by atoms with Gasteiger partial charge in [0.1, 0.15) is 6.61 Å². The Balaban J connectivity index is 1.74. The first-order valence-corrected chi connectivity index (χ1v) is 7.55. The molecular weight excluding hydrogens is 252 g/mol. The van der Waals surface area contributed by atoms with Gasteiger partial charge in [0.25, 0.3) is 0 Å². The Labute approximate surface area is 121 Å². The molecule has 1 aromatic heterocycles. The average Bonchev–Trinajstić information content (AvgIpc) is 3.19. The molecule has 0 amide bonds. The maximum atomic E-state index is 5.67. The summed E-state index contributed by atoms with van der Waals surface area (Å²) in [5, 5.41) is 3.51. The van der Waals surface area contributed by atoms with Crippen molar-refractivity contribution in [1.29, 1.82) is 0 Å². The van der Waals surface area contributed by atoms with Crippen molar-refractivity contribution in [3.05, 3.63) is 23.4 Å². The third-order valence-electron chi connectivity index (χ3n) is 3.09. The lowest BCUT2D eigenvalue weighted by atomic mass is 10.2. The Bertz CT molecular complexity index is 417. The molecular formula is C16H26N2O2. The quantitative estimate of drug-likeness (QED) is 0.705. The highest BCUT2D eigenvalue weighted by Crippen LogP contribution is 2.20. The zero-order valence-corrected chi connectivity index (χ0v) is 12.8. The monoisotopic (exact) mass is 278 g/mol. The molecule has 0 aromatic carbocycles.